The first kappa shape index (κ1) is 11.2. The minimum absolute atomic E-state index is 0.641. The molecule has 0 unspecified atom stereocenters. The number of anilines is 1. The zero-order valence-corrected chi connectivity index (χ0v) is 9.73. The molecule has 1 aliphatic rings. The van der Waals surface area contributed by atoms with Crippen LogP contribution < -0.4 is 5.73 Å². The largest absolute Gasteiger partial charge is 0.398 e. The van der Waals surface area contributed by atoms with Gasteiger partial charge in [0.1, 0.15) is 0 Å². The highest BCUT2D eigenvalue weighted by atomic mass is 15.1. The average Bonchev–Trinajstić information content (AvgIpc) is 2.31. The van der Waals surface area contributed by atoms with E-state index in [4.69, 9.17) is 5.73 Å². The molecule has 1 fully saturated rings. The zero-order chi connectivity index (χ0) is 11.4. The fraction of sp³-hybridized carbons (Fsp3) is 0.429. The number of hydrogen-bond donors (Lipinski definition) is 1. The van der Waals surface area contributed by atoms with Crippen LogP contribution in [0, 0.1) is 0 Å². The van der Waals surface area contributed by atoms with Crippen LogP contribution in [0.15, 0.2) is 36.9 Å². The molecular formula is C14H20N2. The second kappa shape index (κ2) is 5.17. The van der Waals surface area contributed by atoms with Gasteiger partial charge < -0.3 is 5.73 Å². The molecule has 1 aromatic carbocycles. The number of nitrogen functional groups attached to an aromatic ring is 1. The molecule has 1 saturated heterocycles. The Labute approximate surface area is 97.8 Å². The molecule has 2 rings (SSSR count). The second-order valence-corrected chi connectivity index (χ2v) is 4.49. The highest BCUT2D eigenvalue weighted by Gasteiger charge is 2.20. The fourth-order valence-electron chi connectivity index (χ4n) is 2.49. The van der Waals surface area contributed by atoms with Crippen molar-refractivity contribution >= 4 is 5.69 Å². The highest BCUT2D eigenvalue weighted by molar-refractivity contribution is 5.48. The molecule has 0 aliphatic carbocycles. The van der Waals surface area contributed by atoms with Gasteiger partial charge in [-0.25, -0.2) is 0 Å². The summed E-state index contributed by atoms with van der Waals surface area (Å²) in [6, 6.07) is 8.27. The van der Waals surface area contributed by atoms with Crippen molar-refractivity contribution in [3.8, 4) is 0 Å². The van der Waals surface area contributed by atoms with Gasteiger partial charge in [-0.2, -0.15) is 0 Å². The Bertz CT molecular complexity index is 352. The number of nitrogens with two attached hydrogens (primary N) is 1. The van der Waals surface area contributed by atoms with Gasteiger partial charge in [0, 0.05) is 12.2 Å². The average molecular weight is 216 g/mol. The van der Waals surface area contributed by atoms with Gasteiger partial charge in [-0.15, -0.1) is 6.58 Å². The predicted octanol–water partition coefficient (Wildman–Crippen LogP) is 2.63. The number of piperidine rings is 1. The number of likely N-dealkylation sites (tertiary alicyclic amines) is 1. The summed E-state index contributed by atoms with van der Waals surface area (Å²) in [7, 11) is 0. The molecule has 0 amide bonds. The van der Waals surface area contributed by atoms with Crippen molar-refractivity contribution in [1.29, 1.82) is 0 Å². The predicted molar refractivity (Wildman–Crippen MR) is 69.5 cm³/mol. The van der Waals surface area contributed by atoms with Crippen molar-refractivity contribution in [1.82, 2.24) is 4.90 Å². The molecule has 2 heteroatoms. The maximum atomic E-state index is 6.01. The fourth-order valence-corrected chi connectivity index (χ4v) is 2.49. The maximum Gasteiger partial charge on any atom is 0.0349 e. The molecule has 1 heterocycles. The molecule has 0 radical (unpaired) electrons. The van der Waals surface area contributed by atoms with Crippen LogP contribution in [0.3, 0.4) is 0 Å². The minimum Gasteiger partial charge on any atom is -0.398 e. The van der Waals surface area contributed by atoms with E-state index in [9.17, 15) is 0 Å². The molecule has 2 N–H and O–H groups in total. The Kier molecular flexibility index (Phi) is 3.62. The van der Waals surface area contributed by atoms with E-state index in [1.54, 1.807) is 0 Å². The monoisotopic (exact) mass is 216 g/mol. The van der Waals surface area contributed by atoms with Crippen molar-refractivity contribution in [2.24, 2.45) is 0 Å². The molecule has 1 aromatic rings. The lowest BCUT2D eigenvalue weighted by Gasteiger charge is -2.31. The van der Waals surface area contributed by atoms with Crippen molar-refractivity contribution in [2.75, 3.05) is 25.4 Å². The molecule has 0 bridgehead atoms. The first-order valence-electron chi connectivity index (χ1n) is 5.99. The molecule has 16 heavy (non-hydrogen) atoms. The Morgan fingerprint density at radius 1 is 1.31 bits per heavy atom. The van der Waals surface area contributed by atoms with Crippen LogP contribution >= 0.6 is 0 Å². The van der Waals surface area contributed by atoms with E-state index in [0.29, 0.717) is 5.92 Å². The van der Waals surface area contributed by atoms with E-state index >= 15 is 0 Å². The van der Waals surface area contributed by atoms with Gasteiger partial charge in [0.2, 0.25) is 0 Å². The lowest BCUT2D eigenvalue weighted by atomic mass is 9.88. The van der Waals surface area contributed by atoms with Crippen LogP contribution in [0.2, 0.25) is 0 Å². The summed E-state index contributed by atoms with van der Waals surface area (Å²) < 4.78 is 0. The van der Waals surface area contributed by atoms with Crippen LogP contribution in [0.25, 0.3) is 0 Å². The van der Waals surface area contributed by atoms with Crippen molar-refractivity contribution in [3.63, 3.8) is 0 Å². The normalized spacial score (nSPS) is 18.5. The van der Waals surface area contributed by atoms with Gasteiger partial charge in [0.15, 0.2) is 0 Å². The first-order valence-corrected chi connectivity index (χ1v) is 5.99. The summed E-state index contributed by atoms with van der Waals surface area (Å²) >= 11 is 0. The Morgan fingerprint density at radius 3 is 2.62 bits per heavy atom. The van der Waals surface area contributed by atoms with Gasteiger partial charge in [0.05, 0.1) is 0 Å². The smallest absolute Gasteiger partial charge is 0.0349 e. The summed E-state index contributed by atoms with van der Waals surface area (Å²) in [5.41, 5.74) is 8.30. The molecule has 2 nitrogen and oxygen atoms in total. The van der Waals surface area contributed by atoms with E-state index in [1.807, 2.05) is 18.2 Å². The second-order valence-electron chi connectivity index (χ2n) is 4.49. The maximum absolute atomic E-state index is 6.01. The summed E-state index contributed by atoms with van der Waals surface area (Å²) in [4.78, 5) is 2.45. The first-order chi connectivity index (χ1) is 7.81. The highest BCUT2D eigenvalue weighted by Crippen LogP contribution is 2.31. The van der Waals surface area contributed by atoms with Gasteiger partial charge >= 0.3 is 0 Å². The summed E-state index contributed by atoms with van der Waals surface area (Å²) in [6.07, 6.45) is 4.40. The van der Waals surface area contributed by atoms with Crippen LogP contribution in [-0.4, -0.2) is 24.5 Å². The van der Waals surface area contributed by atoms with Crippen molar-refractivity contribution in [2.45, 2.75) is 18.8 Å². The van der Waals surface area contributed by atoms with Gasteiger partial charge in [-0.05, 0) is 43.5 Å². The molecule has 0 spiro atoms. The number of hydrogen-bond acceptors (Lipinski definition) is 2. The number of benzene rings is 1. The Morgan fingerprint density at radius 2 is 2.00 bits per heavy atom. The third kappa shape index (κ3) is 2.45. The Balaban J connectivity index is 1.99. The topological polar surface area (TPSA) is 29.3 Å². The lowest BCUT2D eigenvalue weighted by molar-refractivity contribution is 0.233. The van der Waals surface area contributed by atoms with Gasteiger partial charge in [-0.3, -0.25) is 4.90 Å². The zero-order valence-electron chi connectivity index (χ0n) is 9.73. The van der Waals surface area contributed by atoms with Crippen molar-refractivity contribution in [3.05, 3.63) is 42.5 Å². The molecule has 86 valence electrons. The van der Waals surface area contributed by atoms with Crippen LogP contribution in [-0.2, 0) is 0 Å². The van der Waals surface area contributed by atoms with E-state index in [2.05, 4.69) is 23.6 Å². The molecule has 0 aromatic heterocycles. The minimum atomic E-state index is 0.641. The van der Waals surface area contributed by atoms with E-state index in [1.165, 1.54) is 18.4 Å². The van der Waals surface area contributed by atoms with Crippen LogP contribution in [0.4, 0.5) is 5.69 Å². The third-order valence-corrected chi connectivity index (χ3v) is 3.41. The molecular weight excluding hydrogens is 196 g/mol. The molecule has 1 aliphatic heterocycles. The Hall–Kier alpha value is -1.28. The van der Waals surface area contributed by atoms with Crippen LogP contribution in [0.5, 0.6) is 0 Å². The summed E-state index contributed by atoms with van der Waals surface area (Å²) in [5.74, 6) is 0.641. The molecule has 0 atom stereocenters. The molecule has 0 saturated carbocycles. The summed E-state index contributed by atoms with van der Waals surface area (Å²) in [6.45, 7) is 7.11. The number of nitrogens with zero attached hydrogens (tertiary/aromatic N) is 1. The van der Waals surface area contributed by atoms with E-state index in [0.717, 1.165) is 25.3 Å². The standard InChI is InChI=1S/C14H20N2/c1-2-9-16-10-7-12(8-11-16)13-5-3-4-6-14(13)15/h2-6,12H,1,7-11,15H2. The third-order valence-electron chi connectivity index (χ3n) is 3.41. The lowest BCUT2D eigenvalue weighted by Crippen LogP contribution is -2.33. The summed E-state index contributed by atoms with van der Waals surface area (Å²) in [5, 5.41) is 0. The van der Waals surface area contributed by atoms with E-state index < -0.39 is 0 Å². The van der Waals surface area contributed by atoms with Crippen LogP contribution in [0.1, 0.15) is 24.3 Å². The quantitative estimate of drug-likeness (QED) is 0.621. The SMILES string of the molecule is C=CCN1CCC(c2ccccc2N)CC1. The number of rotatable bonds is 3. The van der Waals surface area contributed by atoms with Crippen molar-refractivity contribution < 1.29 is 0 Å². The van der Waals surface area contributed by atoms with E-state index in [-0.39, 0.29) is 0 Å². The van der Waals surface area contributed by atoms with Gasteiger partial charge in [0.25, 0.3) is 0 Å². The number of para-hydroxylation sites is 1. The van der Waals surface area contributed by atoms with Gasteiger partial charge in [-0.1, -0.05) is 24.3 Å².